The van der Waals surface area contributed by atoms with Crippen LogP contribution in [0.3, 0.4) is 0 Å². The first kappa shape index (κ1) is 12.7. The Kier molecular flexibility index (Phi) is 8.75. The van der Waals surface area contributed by atoms with E-state index < -0.39 is 0 Å². The molecule has 1 N–H and O–H groups in total. The number of unbranched alkanes of at least 4 members (excludes halogenated alkanes) is 2. The number of hydrogen-bond donors (Lipinski definition) is 1. The Bertz CT molecular complexity index is 132. The molecule has 0 spiro atoms. The van der Waals surface area contributed by atoms with Crippen molar-refractivity contribution < 1.29 is 32.7 Å². The van der Waals surface area contributed by atoms with Crippen LogP contribution < -0.4 is 5.32 Å². The van der Waals surface area contributed by atoms with Crippen LogP contribution in [0.25, 0.3) is 0 Å². The molecular formula is C10H17NY-2. The summed E-state index contributed by atoms with van der Waals surface area (Å²) in [6, 6.07) is 0. The molecule has 0 aromatic heterocycles. The Hall–Kier alpha value is 0.674. The van der Waals surface area contributed by atoms with Crippen molar-refractivity contribution in [3.8, 4) is 0 Å². The molecule has 0 unspecified atom stereocenters. The summed E-state index contributed by atoms with van der Waals surface area (Å²) in [5, 5.41) is 3.30. The smallest absolute Gasteiger partial charge is 0 e. The van der Waals surface area contributed by atoms with Gasteiger partial charge in [0, 0.05) is 32.7 Å². The molecule has 0 saturated carbocycles. The van der Waals surface area contributed by atoms with Gasteiger partial charge in [-0.25, -0.2) is 18.1 Å². The van der Waals surface area contributed by atoms with E-state index in [9.17, 15) is 0 Å². The largest absolute Gasteiger partial charge is 0.343 e. The molecule has 0 amide bonds. The van der Waals surface area contributed by atoms with Gasteiger partial charge in [-0.2, -0.15) is 6.42 Å². The summed E-state index contributed by atoms with van der Waals surface area (Å²) in [5.74, 6) is 0. The first-order valence-corrected chi connectivity index (χ1v) is 4.45. The van der Waals surface area contributed by atoms with E-state index in [1.54, 1.807) is 0 Å². The van der Waals surface area contributed by atoms with Crippen LogP contribution in [0.1, 0.15) is 25.7 Å². The molecule has 1 radical (unpaired) electrons. The van der Waals surface area contributed by atoms with Gasteiger partial charge in [0.15, 0.2) is 0 Å². The maximum absolute atomic E-state index is 3.82. The van der Waals surface area contributed by atoms with Crippen molar-refractivity contribution in [1.29, 1.82) is 0 Å². The fraction of sp³-hybridized carbons (Fsp3) is 0.600. The third kappa shape index (κ3) is 5.34. The predicted molar refractivity (Wildman–Crippen MR) is 49.1 cm³/mol. The van der Waals surface area contributed by atoms with Gasteiger partial charge in [-0.05, 0) is 13.0 Å². The van der Waals surface area contributed by atoms with Crippen LogP contribution in [0, 0.1) is 13.3 Å². The fourth-order valence-corrected chi connectivity index (χ4v) is 1.26. The Morgan fingerprint density at radius 3 is 3.00 bits per heavy atom. The van der Waals surface area contributed by atoms with E-state index in [4.69, 9.17) is 0 Å². The minimum absolute atomic E-state index is 0. The topological polar surface area (TPSA) is 12.0 Å². The Morgan fingerprint density at radius 1 is 1.58 bits per heavy atom. The number of hydrogen-bond acceptors (Lipinski definition) is 1. The van der Waals surface area contributed by atoms with Crippen LogP contribution in [-0.2, 0) is 32.7 Å². The van der Waals surface area contributed by atoms with Crippen molar-refractivity contribution in [2.75, 3.05) is 13.1 Å². The van der Waals surface area contributed by atoms with Gasteiger partial charge in [-0.3, -0.25) is 0 Å². The molecule has 1 heterocycles. The molecule has 0 aromatic carbocycles. The standard InChI is InChI=1S/C10H17N.Y/c1-2-3-4-5-10-6-8-11-9-7-10;/h5-6,11H,1-4,7-9H2;/q-2;. The molecule has 1 aliphatic rings. The van der Waals surface area contributed by atoms with Gasteiger partial charge in [0.25, 0.3) is 0 Å². The van der Waals surface area contributed by atoms with Crippen molar-refractivity contribution >= 4 is 0 Å². The van der Waals surface area contributed by atoms with E-state index in [0.29, 0.717) is 0 Å². The van der Waals surface area contributed by atoms with Crippen LogP contribution in [0.5, 0.6) is 0 Å². The molecule has 1 nitrogen and oxygen atoms in total. The summed E-state index contributed by atoms with van der Waals surface area (Å²) in [7, 11) is 0. The van der Waals surface area contributed by atoms with Crippen LogP contribution >= 0.6 is 0 Å². The van der Waals surface area contributed by atoms with Gasteiger partial charge in [-0.1, -0.05) is 13.0 Å². The van der Waals surface area contributed by atoms with Crippen molar-refractivity contribution in [1.82, 2.24) is 5.32 Å². The second kappa shape index (κ2) is 8.28. The molecule has 0 atom stereocenters. The van der Waals surface area contributed by atoms with Crippen LogP contribution in [0.2, 0.25) is 0 Å². The second-order valence-electron chi connectivity index (χ2n) is 2.93. The van der Waals surface area contributed by atoms with Crippen molar-refractivity contribution in [2.45, 2.75) is 25.7 Å². The van der Waals surface area contributed by atoms with Crippen LogP contribution in [0.15, 0.2) is 11.6 Å². The molecule has 0 aliphatic carbocycles. The quantitative estimate of drug-likeness (QED) is 0.586. The van der Waals surface area contributed by atoms with Crippen LogP contribution in [-0.4, -0.2) is 13.1 Å². The Morgan fingerprint density at radius 2 is 2.42 bits per heavy atom. The molecule has 1 aliphatic heterocycles. The summed E-state index contributed by atoms with van der Waals surface area (Å²) in [6.45, 7) is 6.01. The van der Waals surface area contributed by atoms with E-state index in [1.807, 2.05) is 0 Å². The summed E-state index contributed by atoms with van der Waals surface area (Å²) in [6.07, 6.45) is 9.33. The van der Waals surface area contributed by atoms with Gasteiger partial charge in [0.1, 0.15) is 0 Å². The van der Waals surface area contributed by atoms with Crippen LogP contribution in [0.4, 0.5) is 0 Å². The summed E-state index contributed by atoms with van der Waals surface area (Å²) >= 11 is 0. The van der Waals surface area contributed by atoms with Crippen molar-refractivity contribution in [3.63, 3.8) is 0 Å². The zero-order chi connectivity index (χ0) is 7.94. The average Bonchev–Trinajstić information content (AvgIpc) is 2.07. The van der Waals surface area contributed by atoms with E-state index in [0.717, 1.165) is 19.5 Å². The Balaban J connectivity index is 0.00000121. The summed E-state index contributed by atoms with van der Waals surface area (Å²) in [4.78, 5) is 0. The van der Waals surface area contributed by atoms with E-state index in [-0.39, 0.29) is 32.7 Å². The first-order chi connectivity index (χ1) is 5.43. The third-order valence-electron chi connectivity index (χ3n) is 1.96. The molecule has 2 heteroatoms. The SMILES string of the molecule is [CH2-]CCC[CH-]C1=CCNCC1.[Y]. The minimum Gasteiger partial charge on any atom is -0.343 e. The molecular weight excluding hydrogens is 223 g/mol. The molecule has 0 saturated heterocycles. The zero-order valence-electron chi connectivity index (χ0n) is 7.68. The fourth-order valence-electron chi connectivity index (χ4n) is 1.26. The molecule has 0 aromatic rings. The van der Waals surface area contributed by atoms with E-state index >= 15 is 0 Å². The molecule has 0 fully saturated rings. The maximum atomic E-state index is 3.82. The Labute approximate surface area is 101 Å². The first-order valence-electron chi connectivity index (χ1n) is 4.45. The van der Waals surface area contributed by atoms with Crippen molar-refractivity contribution in [3.05, 3.63) is 25.0 Å². The second-order valence-corrected chi connectivity index (χ2v) is 2.93. The third-order valence-corrected chi connectivity index (χ3v) is 1.96. The zero-order valence-corrected chi connectivity index (χ0v) is 10.5. The minimum atomic E-state index is 0. The van der Waals surface area contributed by atoms with Gasteiger partial charge >= 0.3 is 0 Å². The predicted octanol–water partition coefficient (Wildman–Crippen LogP) is 2.11. The molecule has 1 rings (SSSR count). The average molecular weight is 240 g/mol. The normalized spacial score (nSPS) is 16.2. The van der Waals surface area contributed by atoms with Crippen molar-refractivity contribution in [2.24, 2.45) is 0 Å². The van der Waals surface area contributed by atoms with Gasteiger partial charge in [-0.15, -0.1) is 6.42 Å². The number of rotatable bonds is 4. The molecule has 12 heavy (non-hydrogen) atoms. The summed E-state index contributed by atoms with van der Waals surface area (Å²) in [5.41, 5.74) is 1.53. The molecule has 0 bridgehead atoms. The summed E-state index contributed by atoms with van der Waals surface area (Å²) < 4.78 is 0. The van der Waals surface area contributed by atoms with Gasteiger partial charge in [0.05, 0.1) is 0 Å². The van der Waals surface area contributed by atoms with E-state index in [2.05, 4.69) is 24.7 Å². The van der Waals surface area contributed by atoms with Gasteiger partial charge in [0.2, 0.25) is 0 Å². The maximum Gasteiger partial charge on any atom is 0 e. The van der Waals surface area contributed by atoms with E-state index in [1.165, 1.54) is 24.8 Å². The van der Waals surface area contributed by atoms with Gasteiger partial charge < -0.3 is 12.2 Å². The molecule has 67 valence electrons. The monoisotopic (exact) mass is 240 g/mol. The number of nitrogens with one attached hydrogen (secondary N) is 1.